The van der Waals surface area contributed by atoms with Crippen molar-refractivity contribution in [2.24, 2.45) is 0 Å². The molecule has 0 unspecified atom stereocenters. The van der Waals surface area contributed by atoms with Gasteiger partial charge in [-0.05, 0) is 35.9 Å². The molecule has 2 aromatic rings. The maximum Gasteiger partial charge on any atom is 0.251 e. The Hall–Kier alpha value is -3.15. The molecule has 130 valence electrons. The van der Waals surface area contributed by atoms with Crippen molar-refractivity contribution in [1.82, 2.24) is 5.32 Å². The number of amides is 1. The monoisotopic (exact) mass is 341 g/mol. The lowest BCUT2D eigenvalue weighted by Crippen LogP contribution is -2.22. The Labute approximate surface area is 146 Å². The number of benzene rings is 2. The van der Waals surface area contributed by atoms with Gasteiger partial charge in [0.2, 0.25) is 6.79 Å². The second-order valence-corrected chi connectivity index (χ2v) is 5.34. The molecule has 0 saturated heterocycles. The summed E-state index contributed by atoms with van der Waals surface area (Å²) in [6, 6.07) is 10.6. The number of methoxy groups -OCH3 is 1. The fourth-order valence-electron chi connectivity index (χ4n) is 2.41. The third-order valence-corrected chi connectivity index (χ3v) is 3.67. The van der Waals surface area contributed by atoms with E-state index in [9.17, 15) is 4.79 Å². The average Bonchev–Trinajstić information content (AvgIpc) is 3.12. The zero-order valence-corrected chi connectivity index (χ0v) is 13.9. The lowest BCUT2D eigenvalue weighted by Gasteiger charge is -2.11. The second kappa shape index (κ2) is 7.61. The molecular weight excluding hydrogens is 322 g/mol. The molecule has 0 atom stereocenters. The van der Waals surface area contributed by atoms with Gasteiger partial charge in [-0.3, -0.25) is 4.79 Å². The van der Waals surface area contributed by atoms with E-state index in [1.54, 1.807) is 24.3 Å². The van der Waals surface area contributed by atoms with Crippen molar-refractivity contribution in [1.29, 1.82) is 0 Å². The summed E-state index contributed by atoms with van der Waals surface area (Å²) in [7, 11) is 1.53. The maximum atomic E-state index is 12.4. The smallest absolute Gasteiger partial charge is 0.251 e. The maximum absolute atomic E-state index is 12.4. The molecule has 1 amide bonds. The van der Waals surface area contributed by atoms with Gasteiger partial charge >= 0.3 is 0 Å². The van der Waals surface area contributed by atoms with E-state index in [0.29, 0.717) is 36.0 Å². The molecule has 0 aromatic heterocycles. The van der Waals surface area contributed by atoms with E-state index in [1.807, 2.05) is 18.2 Å². The minimum atomic E-state index is -0.203. The SMILES string of the molecule is C=CCOc1ccc(C(=O)NCc2ccc3c(c2)OCO3)cc1OC. The minimum Gasteiger partial charge on any atom is -0.493 e. The quantitative estimate of drug-likeness (QED) is 0.785. The zero-order valence-electron chi connectivity index (χ0n) is 13.9. The molecular formula is C19H19NO5. The standard InChI is InChI=1S/C19H19NO5/c1-3-8-23-15-7-5-14(10-17(15)22-2)19(21)20-11-13-4-6-16-18(9-13)25-12-24-16/h3-7,9-10H,1,8,11-12H2,2H3,(H,20,21). The molecule has 0 saturated carbocycles. The highest BCUT2D eigenvalue weighted by atomic mass is 16.7. The van der Waals surface area contributed by atoms with E-state index < -0.39 is 0 Å². The Balaban J connectivity index is 1.65. The van der Waals surface area contributed by atoms with Crippen molar-refractivity contribution in [3.8, 4) is 23.0 Å². The van der Waals surface area contributed by atoms with E-state index in [1.165, 1.54) is 7.11 Å². The van der Waals surface area contributed by atoms with Crippen LogP contribution in [-0.4, -0.2) is 26.4 Å². The highest BCUT2D eigenvalue weighted by Gasteiger charge is 2.14. The number of carbonyl (C=O) groups is 1. The van der Waals surface area contributed by atoms with Gasteiger partial charge in [0, 0.05) is 12.1 Å². The molecule has 6 heteroatoms. The van der Waals surface area contributed by atoms with Crippen molar-refractivity contribution >= 4 is 5.91 Å². The molecule has 0 bridgehead atoms. The molecule has 0 fully saturated rings. The number of nitrogens with one attached hydrogen (secondary N) is 1. The van der Waals surface area contributed by atoms with E-state index in [0.717, 1.165) is 11.3 Å². The fourth-order valence-corrected chi connectivity index (χ4v) is 2.41. The van der Waals surface area contributed by atoms with Gasteiger partial charge in [0.15, 0.2) is 23.0 Å². The van der Waals surface area contributed by atoms with E-state index in [-0.39, 0.29) is 12.7 Å². The molecule has 0 aliphatic carbocycles. The first-order valence-electron chi connectivity index (χ1n) is 7.79. The number of hydrogen-bond donors (Lipinski definition) is 1. The Morgan fingerprint density at radius 3 is 2.84 bits per heavy atom. The number of carbonyl (C=O) groups excluding carboxylic acids is 1. The molecule has 2 aromatic carbocycles. The highest BCUT2D eigenvalue weighted by molar-refractivity contribution is 5.94. The Bertz CT molecular complexity index is 787. The summed E-state index contributed by atoms with van der Waals surface area (Å²) in [4.78, 5) is 12.4. The van der Waals surface area contributed by atoms with Crippen LogP contribution >= 0.6 is 0 Å². The molecule has 6 nitrogen and oxygen atoms in total. The van der Waals surface area contributed by atoms with Crippen LogP contribution in [0.3, 0.4) is 0 Å². The van der Waals surface area contributed by atoms with E-state index in [4.69, 9.17) is 18.9 Å². The van der Waals surface area contributed by atoms with E-state index in [2.05, 4.69) is 11.9 Å². The number of fused-ring (bicyclic) bond motifs is 1. The van der Waals surface area contributed by atoms with E-state index >= 15 is 0 Å². The summed E-state index contributed by atoms with van der Waals surface area (Å²) >= 11 is 0. The third kappa shape index (κ3) is 3.85. The number of ether oxygens (including phenoxy) is 4. The molecule has 1 N–H and O–H groups in total. The topological polar surface area (TPSA) is 66.0 Å². The van der Waals surface area contributed by atoms with Gasteiger partial charge in [-0.25, -0.2) is 0 Å². The van der Waals surface area contributed by atoms with Crippen molar-refractivity contribution in [2.45, 2.75) is 6.54 Å². The lowest BCUT2D eigenvalue weighted by molar-refractivity contribution is 0.0950. The number of rotatable bonds is 7. The van der Waals surface area contributed by atoms with Gasteiger partial charge in [-0.15, -0.1) is 0 Å². The number of hydrogen-bond acceptors (Lipinski definition) is 5. The molecule has 25 heavy (non-hydrogen) atoms. The molecule has 3 rings (SSSR count). The van der Waals surface area contributed by atoms with Gasteiger partial charge < -0.3 is 24.3 Å². The summed E-state index contributed by atoms with van der Waals surface area (Å²) in [5.41, 5.74) is 1.42. The Kier molecular flexibility index (Phi) is 5.09. The lowest BCUT2D eigenvalue weighted by atomic mass is 10.1. The van der Waals surface area contributed by atoms with Crippen LogP contribution in [0.4, 0.5) is 0 Å². The first-order chi connectivity index (χ1) is 12.2. The van der Waals surface area contributed by atoms with Crippen LogP contribution in [0.15, 0.2) is 49.1 Å². The van der Waals surface area contributed by atoms with Crippen molar-refractivity contribution in [2.75, 3.05) is 20.5 Å². The largest absolute Gasteiger partial charge is 0.493 e. The first-order valence-corrected chi connectivity index (χ1v) is 7.79. The zero-order chi connectivity index (χ0) is 17.6. The first kappa shape index (κ1) is 16.7. The second-order valence-electron chi connectivity index (χ2n) is 5.34. The van der Waals surface area contributed by atoms with Crippen LogP contribution in [0, 0.1) is 0 Å². The van der Waals surface area contributed by atoms with Gasteiger partial charge in [0.05, 0.1) is 7.11 Å². The van der Waals surface area contributed by atoms with Crippen LogP contribution in [0.25, 0.3) is 0 Å². The predicted molar refractivity (Wildman–Crippen MR) is 92.4 cm³/mol. The Morgan fingerprint density at radius 2 is 2.04 bits per heavy atom. The normalized spacial score (nSPS) is 11.7. The van der Waals surface area contributed by atoms with Crippen LogP contribution in [0.1, 0.15) is 15.9 Å². The molecule has 1 aliphatic rings. The summed E-state index contributed by atoms with van der Waals surface area (Å²) in [5.74, 6) is 2.27. The minimum absolute atomic E-state index is 0.203. The van der Waals surface area contributed by atoms with Crippen molar-refractivity contribution < 1.29 is 23.7 Å². The molecule has 0 spiro atoms. The van der Waals surface area contributed by atoms with Crippen molar-refractivity contribution in [3.05, 3.63) is 60.2 Å². The van der Waals surface area contributed by atoms with Crippen LogP contribution in [0.5, 0.6) is 23.0 Å². The van der Waals surface area contributed by atoms with Gasteiger partial charge in [-0.2, -0.15) is 0 Å². The van der Waals surface area contributed by atoms with Gasteiger partial charge in [-0.1, -0.05) is 18.7 Å². The van der Waals surface area contributed by atoms with Crippen LogP contribution < -0.4 is 24.3 Å². The van der Waals surface area contributed by atoms with Gasteiger partial charge in [0.1, 0.15) is 6.61 Å². The summed E-state index contributed by atoms with van der Waals surface area (Å²) < 4.78 is 21.4. The van der Waals surface area contributed by atoms with Crippen LogP contribution in [0.2, 0.25) is 0 Å². The van der Waals surface area contributed by atoms with Gasteiger partial charge in [0.25, 0.3) is 5.91 Å². The van der Waals surface area contributed by atoms with Crippen LogP contribution in [-0.2, 0) is 6.54 Å². The highest BCUT2D eigenvalue weighted by Crippen LogP contribution is 2.32. The third-order valence-electron chi connectivity index (χ3n) is 3.67. The molecule has 1 aliphatic heterocycles. The molecule has 0 radical (unpaired) electrons. The van der Waals surface area contributed by atoms with Crippen molar-refractivity contribution in [3.63, 3.8) is 0 Å². The summed E-state index contributed by atoms with van der Waals surface area (Å²) in [6.07, 6.45) is 1.64. The Morgan fingerprint density at radius 1 is 1.20 bits per heavy atom. The summed E-state index contributed by atoms with van der Waals surface area (Å²) in [6.45, 7) is 4.58. The molecule has 1 heterocycles. The fraction of sp³-hybridized carbons (Fsp3) is 0.211. The summed E-state index contributed by atoms with van der Waals surface area (Å²) in [5, 5.41) is 2.87. The predicted octanol–water partition coefficient (Wildman–Crippen LogP) is 2.92. The average molecular weight is 341 g/mol.